The van der Waals surface area contributed by atoms with Gasteiger partial charge in [0.2, 0.25) is 0 Å². The average molecular weight is 361 g/mol. The molecule has 21 heavy (non-hydrogen) atoms. The number of fused-ring (bicyclic) bond motifs is 1. The zero-order valence-corrected chi connectivity index (χ0v) is 14.3. The summed E-state index contributed by atoms with van der Waals surface area (Å²) >= 11 is 5.46. The molecule has 0 saturated carbocycles. The van der Waals surface area contributed by atoms with Crippen molar-refractivity contribution >= 4 is 41.2 Å². The Labute approximate surface area is 135 Å². The molecule has 3 aromatic heterocycles. The van der Waals surface area contributed by atoms with Gasteiger partial charge in [-0.25, -0.2) is 0 Å². The van der Waals surface area contributed by atoms with Crippen molar-refractivity contribution < 1.29 is 0 Å². The molecule has 106 valence electrons. The van der Waals surface area contributed by atoms with Gasteiger partial charge in [0.25, 0.3) is 0 Å². The monoisotopic (exact) mass is 362 g/mol. The molecule has 6 heteroatoms. The van der Waals surface area contributed by atoms with Gasteiger partial charge in [-0.05, 0) is 0 Å². The zero-order chi connectivity index (χ0) is 14.8. The van der Waals surface area contributed by atoms with E-state index in [1.54, 1.807) is 6.20 Å². The number of nitrogens with zero attached hydrogens (tertiary/aromatic N) is 4. The van der Waals surface area contributed by atoms with E-state index in [1.807, 2.05) is 55.5 Å². The summed E-state index contributed by atoms with van der Waals surface area (Å²) in [5.41, 5.74) is 1.97. The van der Waals surface area contributed by atoms with Crippen molar-refractivity contribution in [3.8, 4) is 11.5 Å². The fourth-order valence-corrected chi connectivity index (χ4v) is 3.92. The normalized spacial score (nSPS) is 10.8. The fourth-order valence-electron chi connectivity index (χ4n) is 1.93. The van der Waals surface area contributed by atoms with Crippen LogP contribution < -0.4 is 4.59 Å². The van der Waals surface area contributed by atoms with E-state index in [0.29, 0.717) is 0 Å². The molecule has 0 bridgehead atoms. The van der Waals surface area contributed by atoms with Gasteiger partial charge in [0.05, 0.1) is 0 Å². The molecule has 3 rings (SSSR count). The SMILES string of the molecule is CN(C)C(=S)[Se]c1nc(-c2ccccn2)n2ccccc12. The van der Waals surface area contributed by atoms with Gasteiger partial charge in [-0.15, -0.1) is 0 Å². The van der Waals surface area contributed by atoms with Crippen LogP contribution in [0.2, 0.25) is 0 Å². The molecular formula is C15H14N4SSe. The van der Waals surface area contributed by atoms with Gasteiger partial charge in [-0.1, -0.05) is 0 Å². The average Bonchev–Trinajstić information content (AvgIpc) is 2.87. The Balaban J connectivity index is 2.13. The predicted octanol–water partition coefficient (Wildman–Crippen LogP) is 1.57. The first-order valence-corrected chi connectivity index (χ1v) is 8.56. The molecule has 0 aliphatic heterocycles. The van der Waals surface area contributed by atoms with Crippen LogP contribution in [-0.4, -0.2) is 52.2 Å². The number of imidazole rings is 1. The number of pyridine rings is 2. The third-order valence-electron chi connectivity index (χ3n) is 2.96. The number of rotatable bonds is 3. The number of hydrogen-bond acceptors (Lipinski definition) is 3. The van der Waals surface area contributed by atoms with Crippen molar-refractivity contribution in [2.45, 2.75) is 0 Å². The summed E-state index contributed by atoms with van der Waals surface area (Å²) in [6, 6.07) is 12.0. The maximum atomic E-state index is 5.44. The minimum absolute atomic E-state index is 0.0263. The van der Waals surface area contributed by atoms with E-state index in [1.165, 1.54) is 0 Å². The molecule has 3 aromatic rings. The Hall–Kier alpha value is -1.75. The standard InChI is InChI=1S/C15H14N4SSe/c1-18(2)15(20)21-14-12-8-4-6-10-19(12)13(17-14)11-7-3-5-9-16-11/h3-10H,1-2H3. The van der Waals surface area contributed by atoms with E-state index in [9.17, 15) is 0 Å². The van der Waals surface area contributed by atoms with Crippen LogP contribution in [0.15, 0.2) is 48.8 Å². The number of thiocarbonyl (C=S) groups is 1. The third-order valence-corrected chi connectivity index (χ3v) is 5.92. The summed E-state index contributed by atoms with van der Waals surface area (Å²) in [6.07, 6.45) is 3.80. The first-order valence-electron chi connectivity index (χ1n) is 6.44. The molecule has 0 amide bonds. The molecule has 3 heterocycles. The van der Waals surface area contributed by atoms with Crippen LogP contribution in [0.3, 0.4) is 0 Å². The van der Waals surface area contributed by atoms with Gasteiger partial charge in [0.1, 0.15) is 0 Å². The molecule has 0 aliphatic rings. The van der Waals surface area contributed by atoms with Gasteiger partial charge in [-0.2, -0.15) is 0 Å². The Morgan fingerprint density at radius 3 is 2.71 bits per heavy atom. The number of aromatic nitrogens is 3. The van der Waals surface area contributed by atoms with Crippen molar-refractivity contribution in [2.75, 3.05) is 14.1 Å². The molecule has 0 spiro atoms. The second-order valence-electron chi connectivity index (χ2n) is 4.67. The van der Waals surface area contributed by atoms with E-state index in [2.05, 4.69) is 15.5 Å². The maximum absolute atomic E-state index is 5.44. The molecule has 0 unspecified atom stereocenters. The number of hydrogen-bond donors (Lipinski definition) is 0. The molecule has 0 atom stereocenters. The topological polar surface area (TPSA) is 33.4 Å². The van der Waals surface area contributed by atoms with Gasteiger partial charge in [-0.3, -0.25) is 0 Å². The molecule has 0 N–H and O–H groups in total. The van der Waals surface area contributed by atoms with Crippen molar-refractivity contribution in [2.24, 2.45) is 0 Å². The second kappa shape index (κ2) is 5.93. The van der Waals surface area contributed by atoms with E-state index in [4.69, 9.17) is 17.2 Å². The molecule has 0 fully saturated rings. The van der Waals surface area contributed by atoms with Crippen molar-refractivity contribution in [3.05, 3.63) is 48.8 Å². The summed E-state index contributed by atoms with van der Waals surface area (Å²) in [5, 5.41) is 0. The molecule has 0 aliphatic carbocycles. The van der Waals surface area contributed by atoms with E-state index in [-0.39, 0.29) is 15.0 Å². The molecule has 0 saturated heterocycles. The summed E-state index contributed by atoms with van der Waals surface area (Å²) in [5.74, 6) is 0.865. The van der Waals surface area contributed by atoms with Crippen LogP contribution in [0.4, 0.5) is 0 Å². The Bertz CT molecular complexity index is 783. The second-order valence-corrected chi connectivity index (χ2v) is 7.69. The molecule has 0 aromatic carbocycles. The van der Waals surface area contributed by atoms with Crippen LogP contribution in [-0.2, 0) is 0 Å². The van der Waals surface area contributed by atoms with Crippen LogP contribution in [0.25, 0.3) is 17.0 Å². The summed E-state index contributed by atoms with van der Waals surface area (Å²) < 4.78 is 4.05. The Morgan fingerprint density at radius 2 is 2.00 bits per heavy atom. The zero-order valence-electron chi connectivity index (χ0n) is 11.7. The van der Waals surface area contributed by atoms with Crippen LogP contribution in [0.1, 0.15) is 0 Å². The third kappa shape index (κ3) is 2.83. The summed E-state index contributed by atoms with van der Waals surface area (Å²) in [6.45, 7) is 0. The first-order chi connectivity index (χ1) is 10.2. The fraction of sp³-hybridized carbons (Fsp3) is 0.133. The summed E-state index contributed by atoms with van der Waals surface area (Å²) in [4.78, 5) is 11.2. The van der Waals surface area contributed by atoms with Gasteiger partial charge in [0, 0.05) is 0 Å². The van der Waals surface area contributed by atoms with Gasteiger partial charge in [0.15, 0.2) is 0 Å². The van der Waals surface area contributed by atoms with Crippen molar-refractivity contribution in [1.82, 2.24) is 19.3 Å². The molecule has 0 radical (unpaired) electrons. The van der Waals surface area contributed by atoms with E-state index >= 15 is 0 Å². The molecule has 4 nitrogen and oxygen atoms in total. The quantitative estimate of drug-likeness (QED) is 0.524. The van der Waals surface area contributed by atoms with E-state index in [0.717, 1.165) is 25.5 Å². The summed E-state index contributed by atoms with van der Waals surface area (Å²) in [7, 11) is 3.95. The predicted molar refractivity (Wildman–Crippen MR) is 90.1 cm³/mol. The Morgan fingerprint density at radius 1 is 1.19 bits per heavy atom. The van der Waals surface area contributed by atoms with E-state index < -0.39 is 0 Å². The van der Waals surface area contributed by atoms with Gasteiger partial charge < -0.3 is 0 Å². The molecular weight excluding hydrogens is 347 g/mol. The minimum atomic E-state index is 0.0263. The van der Waals surface area contributed by atoms with Crippen molar-refractivity contribution in [1.29, 1.82) is 0 Å². The van der Waals surface area contributed by atoms with Crippen LogP contribution >= 0.6 is 12.2 Å². The van der Waals surface area contributed by atoms with Crippen molar-refractivity contribution in [3.63, 3.8) is 0 Å². The van der Waals surface area contributed by atoms with Gasteiger partial charge >= 0.3 is 135 Å². The van der Waals surface area contributed by atoms with Crippen LogP contribution in [0, 0.1) is 0 Å². The Kier molecular flexibility index (Phi) is 4.01. The van der Waals surface area contributed by atoms with Crippen LogP contribution in [0.5, 0.6) is 0 Å². The first kappa shape index (κ1) is 14.2.